The van der Waals surface area contributed by atoms with Crippen molar-refractivity contribution in [1.82, 2.24) is 9.62 Å². The molecular formula is C24H31N3O4S. The van der Waals surface area contributed by atoms with E-state index in [0.717, 1.165) is 16.7 Å². The van der Waals surface area contributed by atoms with E-state index in [4.69, 9.17) is 0 Å². The van der Waals surface area contributed by atoms with E-state index in [1.165, 1.54) is 4.31 Å². The second kappa shape index (κ2) is 9.42. The first kappa shape index (κ1) is 23.9. The molecule has 1 fully saturated rings. The SMILES string of the molecule is Cc1ccc(NC(=O)C(=O)NCC2CCCN2S(=O)(=O)c2c(C)cc(C)cc2C)c(C)c1. The van der Waals surface area contributed by atoms with E-state index in [-0.39, 0.29) is 6.54 Å². The molecule has 1 unspecified atom stereocenters. The van der Waals surface area contributed by atoms with Crippen LogP contribution in [0, 0.1) is 34.6 Å². The Bertz CT molecular complexity index is 1130. The lowest BCUT2D eigenvalue weighted by Crippen LogP contribution is -2.45. The lowest BCUT2D eigenvalue weighted by atomic mass is 10.1. The van der Waals surface area contributed by atoms with Crippen molar-refractivity contribution in [3.8, 4) is 0 Å². The van der Waals surface area contributed by atoms with Crippen LogP contribution in [0.5, 0.6) is 0 Å². The molecule has 1 heterocycles. The monoisotopic (exact) mass is 457 g/mol. The quantitative estimate of drug-likeness (QED) is 0.675. The van der Waals surface area contributed by atoms with Gasteiger partial charge in [0.15, 0.2) is 0 Å². The summed E-state index contributed by atoms with van der Waals surface area (Å²) in [6.07, 6.45) is 1.33. The minimum atomic E-state index is -3.71. The molecule has 1 aliphatic heterocycles. The predicted molar refractivity (Wildman–Crippen MR) is 125 cm³/mol. The van der Waals surface area contributed by atoms with Crippen LogP contribution >= 0.6 is 0 Å². The number of sulfonamides is 1. The molecule has 3 rings (SSSR count). The zero-order valence-electron chi connectivity index (χ0n) is 19.3. The van der Waals surface area contributed by atoms with E-state index >= 15 is 0 Å². The predicted octanol–water partition coefficient (Wildman–Crippen LogP) is 3.14. The Morgan fingerprint density at radius 2 is 1.56 bits per heavy atom. The van der Waals surface area contributed by atoms with Gasteiger partial charge in [0.1, 0.15) is 0 Å². The van der Waals surface area contributed by atoms with Gasteiger partial charge in [-0.1, -0.05) is 35.4 Å². The molecule has 2 N–H and O–H groups in total. The normalized spacial score (nSPS) is 16.7. The van der Waals surface area contributed by atoms with Gasteiger partial charge in [-0.2, -0.15) is 4.31 Å². The summed E-state index contributed by atoms with van der Waals surface area (Å²) in [6.45, 7) is 9.83. The average molecular weight is 458 g/mol. The first-order valence-corrected chi connectivity index (χ1v) is 12.2. The summed E-state index contributed by atoms with van der Waals surface area (Å²) in [5.41, 5.74) is 4.94. The van der Waals surface area contributed by atoms with Gasteiger partial charge in [-0.05, 0) is 70.2 Å². The van der Waals surface area contributed by atoms with Crippen LogP contribution < -0.4 is 10.6 Å². The molecule has 2 aromatic carbocycles. The number of carbonyl (C=O) groups is 2. The van der Waals surface area contributed by atoms with Crippen LogP contribution in [0.4, 0.5) is 5.69 Å². The van der Waals surface area contributed by atoms with Gasteiger partial charge in [-0.25, -0.2) is 8.42 Å². The maximum absolute atomic E-state index is 13.4. The van der Waals surface area contributed by atoms with E-state index in [2.05, 4.69) is 10.6 Å². The van der Waals surface area contributed by atoms with E-state index in [0.29, 0.717) is 41.1 Å². The van der Waals surface area contributed by atoms with Crippen LogP contribution in [0.3, 0.4) is 0 Å². The van der Waals surface area contributed by atoms with Crippen molar-refractivity contribution in [1.29, 1.82) is 0 Å². The summed E-state index contributed by atoms with van der Waals surface area (Å²) >= 11 is 0. The third kappa shape index (κ3) is 5.02. The van der Waals surface area contributed by atoms with Gasteiger partial charge in [0, 0.05) is 24.8 Å². The minimum absolute atomic E-state index is 0.0856. The third-order valence-corrected chi connectivity index (χ3v) is 8.09. The van der Waals surface area contributed by atoms with Gasteiger partial charge in [0.05, 0.1) is 4.90 Å². The van der Waals surface area contributed by atoms with Crippen molar-refractivity contribution in [2.45, 2.75) is 58.4 Å². The van der Waals surface area contributed by atoms with Gasteiger partial charge in [0.2, 0.25) is 10.0 Å². The summed E-state index contributed by atoms with van der Waals surface area (Å²) in [5, 5.41) is 5.23. The molecule has 32 heavy (non-hydrogen) atoms. The number of aryl methyl sites for hydroxylation is 5. The van der Waals surface area contributed by atoms with Gasteiger partial charge in [-0.15, -0.1) is 0 Å². The van der Waals surface area contributed by atoms with E-state index in [1.807, 2.05) is 45.0 Å². The molecule has 0 aromatic heterocycles. The number of nitrogens with one attached hydrogen (secondary N) is 2. The highest BCUT2D eigenvalue weighted by atomic mass is 32.2. The molecule has 8 heteroatoms. The second-order valence-electron chi connectivity index (χ2n) is 8.62. The van der Waals surface area contributed by atoms with Crippen molar-refractivity contribution in [3.05, 3.63) is 58.1 Å². The Hall–Kier alpha value is -2.71. The van der Waals surface area contributed by atoms with Crippen LogP contribution in [0.15, 0.2) is 35.2 Å². The van der Waals surface area contributed by atoms with Crippen molar-refractivity contribution in [3.63, 3.8) is 0 Å². The minimum Gasteiger partial charge on any atom is -0.346 e. The fraction of sp³-hybridized carbons (Fsp3) is 0.417. The van der Waals surface area contributed by atoms with Gasteiger partial charge in [0.25, 0.3) is 0 Å². The smallest absolute Gasteiger partial charge is 0.313 e. The number of carbonyl (C=O) groups excluding carboxylic acids is 2. The van der Waals surface area contributed by atoms with E-state index < -0.39 is 27.9 Å². The van der Waals surface area contributed by atoms with Crippen LogP contribution in [-0.4, -0.2) is 43.7 Å². The highest BCUT2D eigenvalue weighted by Crippen LogP contribution is 2.30. The summed E-state index contributed by atoms with van der Waals surface area (Å²) in [7, 11) is -3.71. The molecular weight excluding hydrogens is 426 g/mol. The van der Waals surface area contributed by atoms with Crippen molar-refractivity contribution in [2.75, 3.05) is 18.4 Å². The van der Waals surface area contributed by atoms with Crippen molar-refractivity contribution in [2.24, 2.45) is 0 Å². The Morgan fingerprint density at radius 1 is 0.938 bits per heavy atom. The second-order valence-corrected chi connectivity index (χ2v) is 10.4. The third-order valence-electron chi connectivity index (χ3n) is 5.83. The fourth-order valence-electron chi connectivity index (χ4n) is 4.44. The average Bonchev–Trinajstić information content (AvgIpc) is 3.16. The van der Waals surface area contributed by atoms with Crippen LogP contribution in [0.25, 0.3) is 0 Å². The molecule has 1 saturated heterocycles. The highest BCUT2D eigenvalue weighted by molar-refractivity contribution is 7.89. The largest absolute Gasteiger partial charge is 0.346 e. The van der Waals surface area contributed by atoms with Gasteiger partial charge < -0.3 is 10.6 Å². The lowest BCUT2D eigenvalue weighted by molar-refractivity contribution is -0.136. The summed E-state index contributed by atoms with van der Waals surface area (Å²) in [4.78, 5) is 25.0. The van der Waals surface area contributed by atoms with Crippen LogP contribution in [-0.2, 0) is 19.6 Å². The summed E-state index contributed by atoms with van der Waals surface area (Å²) in [6, 6.07) is 8.88. The molecule has 0 bridgehead atoms. The maximum atomic E-state index is 13.4. The van der Waals surface area contributed by atoms with Gasteiger partial charge >= 0.3 is 11.8 Å². The van der Waals surface area contributed by atoms with Crippen LogP contribution in [0.1, 0.15) is 40.7 Å². The molecule has 1 atom stereocenters. The molecule has 0 spiro atoms. The summed E-state index contributed by atoms with van der Waals surface area (Å²) < 4.78 is 28.3. The number of benzene rings is 2. The number of hydrogen-bond acceptors (Lipinski definition) is 4. The molecule has 0 aliphatic carbocycles. The number of rotatable bonds is 5. The molecule has 0 saturated carbocycles. The number of anilines is 1. The first-order valence-electron chi connectivity index (χ1n) is 10.8. The number of nitrogens with zero attached hydrogens (tertiary/aromatic N) is 1. The Balaban J connectivity index is 1.68. The number of hydrogen-bond donors (Lipinski definition) is 2. The zero-order valence-corrected chi connectivity index (χ0v) is 20.1. The molecule has 2 amide bonds. The lowest BCUT2D eigenvalue weighted by Gasteiger charge is -2.26. The molecule has 172 valence electrons. The fourth-order valence-corrected chi connectivity index (χ4v) is 6.55. The van der Waals surface area contributed by atoms with E-state index in [1.54, 1.807) is 19.9 Å². The molecule has 1 aliphatic rings. The molecule has 7 nitrogen and oxygen atoms in total. The van der Waals surface area contributed by atoms with Crippen molar-refractivity contribution >= 4 is 27.5 Å². The maximum Gasteiger partial charge on any atom is 0.313 e. The van der Waals surface area contributed by atoms with Crippen LogP contribution in [0.2, 0.25) is 0 Å². The Morgan fingerprint density at radius 3 is 2.19 bits per heavy atom. The highest BCUT2D eigenvalue weighted by Gasteiger charge is 2.37. The Kier molecular flexibility index (Phi) is 7.05. The topological polar surface area (TPSA) is 95.6 Å². The summed E-state index contributed by atoms with van der Waals surface area (Å²) in [5.74, 6) is -1.55. The first-order chi connectivity index (χ1) is 15.0. The molecule has 2 aromatic rings. The zero-order chi connectivity index (χ0) is 23.6. The van der Waals surface area contributed by atoms with Crippen molar-refractivity contribution < 1.29 is 18.0 Å². The number of amides is 2. The molecule has 0 radical (unpaired) electrons. The standard InChI is InChI=1S/C24H31N3O4S/c1-15-8-9-21(17(3)11-15)26-24(29)23(28)25-14-20-7-6-10-27(20)32(30,31)22-18(4)12-16(2)13-19(22)5/h8-9,11-13,20H,6-7,10,14H2,1-5H3,(H,25,28)(H,26,29). The van der Waals surface area contributed by atoms with Gasteiger partial charge in [-0.3, -0.25) is 9.59 Å². The van der Waals surface area contributed by atoms with E-state index in [9.17, 15) is 18.0 Å². The Labute approximate surface area is 190 Å².